The molecule has 0 spiro atoms. The van der Waals surface area contributed by atoms with Crippen molar-refractivity contribution in [1.29, 1.82) is 0 Å². The quantitative estimate of drug-likeness (QED) is 0.922. The minimum atomic E-state index is -0.508. The van der Waals surface area contributed by atoms with E-state index in [0.29, 0.717) is 36.2 Å². The lowest BCUT2D eigenvalue weighted by molar-refractivity contribution is 0.00907. The van der Waals surface area contributed by atoms with E-state index in [2.05, 4.69) is 4.90 Å². The fraction of sp³-hybridized carbons (Fsp3) is 0.632. The van der Waals surface area contributed by atoms with Crippen molar-refractivity contribution in [3.63, 3.8) is 0 Å². The van der Waals surface area contributed by atoms with E-state index >= 15 is 0 Å². The van der Waals surface area contributed by atoms with Crippen LogP contribution in [0.25, 0.3) is 0 Å². The lowest BCUT2D eigenvalue weighted by Crippen LogP contribution is -2.55. The summed E-state index contributed by atoms with van der Waals surface area (Å²) in [5.41, 5.74) is 6.55. The standard InChI is InChI=1S/C19H25FN2O2/c20-17-9-8-15(19(21)23)16-10-14(11-24-18(16)17)22(13-6-3-7-13)12-4-1-2-5-12/h8-9,12-14H,1-7,10-11H2,(H2,21,23)/t14-/m1/s1. The van der Waals surface area contributed by atoms with Gasteiger partial charge in [-0.05, 0) is 44.2 Å². The molecule has 1 aromatic rings. The predicted octanol–water partition coefficient (Wildman–Crippen LogP) is 3.03. The van der Waals surface area contributed by atoms with Crippen molar-refractivity contribution in [3.05, 3.63) is 29.1 Å². The summed E-state index contributed by atoms with van der Waals surface area (Å²) < 4.78 is 19.9. The van der Waals surface area contributed by atoms with E-state index in [4.69, 9.17) is 10.5 Å². The van der Waals surface area contributed by atoms with Gasteiger partial charge in [-0.15, -0.1) is 0 Å². The van der Waals surface area contributed by atoms with E-state index < -0.39 is 11.7 Å². The number of nitrogens with two attached hydrogens (primary N) is 1. The van der Waals surface area contributed by atoms with Crippen LogP contribution in [0.15, 0.2) is 12.1 Å². The molecule has 5 heteroatoms. The van der Waals surface area contributed by atoms with E-state index in [1.807, 2.05) is 0 Å². The SMILES string of the molecule is NC(=O)c1ccc(F)c2c1C[C@@H](N(C1CCCC1)C1CCC1)CO2. The molecule has 2 aliphatic carbocycles. The largest absolute Gasteiger partial charge is 0.489 e. The second kappa shape index (κ2) is 6.36. The Labute approximate surface area is 142 Å². The number of carbonyl (C=O) groups is 1. The maximum atomic E-state index is 14.1. The van der Waals surface area contributed by atoms with E-state index in [1.54, 1.807) is 0 Å². The monoisotopic (exact) mass is 332 g/mol. The van der Waals surface area contributed by atoms with Crippen LogP contribution in [0.4, 0.5) is 4.39 Å². The Morgan fingerprint density at radius 3 is 2.33 bits per heavy atom. The molecule has 1 atom stereocenters. The fourth-order valence-electron chi connectivity index (χ4n) is 4.64. The van der Waals surface area contributed by atoms with Gasteiger partial charge in [0.15, 0.2) is 11.6 Å². The number of carbonyl (C=O) groups excluding carboxylic acids is 1. The minimum absolute atomic E-state index is 0.214. The maximum absolute atomic E-state index is 14.1. The number of primary amides is 1. The van der Waals surface area contributed by atoms with Gasteiger partial charge < -0.3 is 10.5 Å². The molecule has 0 radical (unpaired) electrons. The van der Waals surface area contributed by atoms with E-state index in [9.17, 15) is 9.18 Å². The van der Waals surface area contributed by atoms with E-state index in [-0.39, 0.29) is 11.8 Å². The molecule has 2 N–H and O–H groups in total. The molecule has 3 aliphatic rings. The molecular formula is C19H25FN2O2. The molecule has 1 aromatic carbocycles. The first-order valence-electron chi connectivity index (χ1n) is 9.16. The third kappa shape index (κ3) is 2.69. The summed E-state index contributed by atoms with van der Waals surface area (Å²) in [6.07, 6.45) is 9.49. The van der Waals surface area contributed by atoms with Gasteiger partial charge in [0.05, 0.1) is 0 Å². The van der Waals surface area contributed by atoms with Gasteiger partial charge in [0.1, 0.15) is 6.61 Å². The summed E-state index contributed by atoms with van der Waals surface area (Å²) in [5, 5.41) is 0. The number of benzene rings is 1. The first-order valence-corrected chi connectivity index (χ1v) is 9.16. The van der Waals surface area contributed by atoms with Crippen LogP contribution in [-0.2, 0) is 6.42 Å². The van der Waals surface area contributed by atoms with Crippen LogP contribution in [0.2, 0.25) is 0 Å². The Hall–Kier alpha value is -1.62. The highest BCUT2D eigenvalue weighted by Gasteiger charge is 2.39. The number of fused-ring (bicyclic) bond motifs is 1. The summed E-state index contributed by atoms with van der Waals surface area (Å²) in [6, 6.07) is 4.21. The van der Waals surface area contributed by atoms with Gasteiger partial charge in [0, 0.05) is 29.3 Å². The van der Waals surface area contributed by atoms with Gasteiger partial charge in [-0.1, -0.05) is 19.3 Å². The zero-order chi connectivity index (χ0) is 16.7. The van der Waals surface area contributed by atoms with Gasteiger partial charge >= 0.3 is 0 Å². The molecule has 0 saturated heterocycles. The Morgan fingerprint density at radius 2 is 1.75 bits per heavy atom. The molecule has 130 valence electrons. The molecule has 2 saturated carbocycles. The Balaban J connectivity index is 1.64. The maximum Gasteiger partial charge on any atom is 0.249 e. The van der Waals surface area contributed by atoms with Crippen molar-refractivity contribution in [2.24, 2.45) is 5.73 Å². The minimum Gasteiger partial charge on any atom is -0.489 e. The second-order valence-corrected chi connectivity index (χ2v) is 7.41. The zero-order valence-corrected chi connectivity index (χ0v) is 14.0. The van der Waals surface area contributed by atoms with Crippen molar-refractivity contribution in [2.45, 2.75) is 69.5 Å². The van der Waals surface area contributed by atoms with Crippen LogP contribution in [0.1, 0.15) is 60.9 Å². The first kappa shape index (κ1) is 15.9. The molecule has 1 heterocycles. The number of halogens is 1. The molecule has 0 bridgehead atoms. The van der Waals surface area contributed by atoms with Crippen molar-refractivity contribution >= 4 is 5.91 Å². The smallest absolute Gasteiger partial charge is 0.249 e. The average molecular weight is 332 g/mol. The molecule has 0 unspecified atom stereocenters. The lowest BCUT2D eigenvalue weighted by atomic mass is 9.86. The van der Waals surface area contributed by atoms with Crippen LogP contribution in [0, 0.1) is 5.82 Å². The van der Waals surface area contributed by atoms with Crippen LogP contribution < -0.4 is 10.5 Å². The molecule has 0 aromatic heterocycles. The predicted molar refractivity (Wildman–Crippen MR) is 89.6 cm³/mol. The zero-order valence-electron chi connectivity index (χ0n) is 14.0. The molecule has 1 aliphatic heterocycles. The second-order valence-electron chi connectivity index (χ2n) is 7.41. The van der Waals surface area contributed by atoms with Crippen molar-refractivity contribution in [3.8, 4) is 5.75 Å². The molecule has 2 fully saturated rings. The van der Waals surface area contributed by atoms with Gasteiger partial charge in [-0.3, -0.25) is 9.69 Å². The third-order valence-electron chi connectivity index (χ3n) is 6.00. The number of hydrogen-bond acceptors (Lipinski definition) is 3. The highest BCUT2D eigenvalue weighted by Crippen LogP contribution is 2.38. The first-order chi connectivity index (χ1) is 11.6. The van der Waals surface area contributed by atoms with Gasteiger partial charge in [0.2, 0.25) is 5.91 Å². The summed E-state index contributed by atoms with van der Waals surface area (Å²) in [4.78, 5) is 14.4. The summed E-state index contributed by atoms with van der Waals surface area (Å²) in [7, 11) is 0. The van der Waals surface area contributed by atoms with Gasteiger partial charge in [-0.25, -0.2) is 4.39 Å². The van der Waals surface area contributed by atoms with E-state index in [0.717, 1.165) is 0 Å². The van der Waals surface area contributed by atoms with Gasteiger partial charge in [-0.2, -0.15) is 0 Å². The highest BCUT2D eigenvalue weighted by atomic mass is 19.1. The third-order valence-corrected chi connectivity index (χ3v) is 6.00. The lowest BCUT2D eigenvalue weighted by Gasteiger charge is -2.47. The van der Waals surface area contributed by atoms with Crippen LogP contribution in [0.5, 0.6) is 5.75 Å². The normalized spacial score (nSPS) is 24.5. The molecule has 24 heavy (non-hydrogen) atoms. The van der Waals surface area contributed by atoms with Crippen LogP contribution in [-0.4, -0.2) is 35.5 Å². The Kier molecular flexibility index (Phi) is 4.21. The average Bonchev–Trinajstić information content (AvgIpc) is 3.04. The number of amides is 1. The molecular weight excluding hydrogens is 307 g/mol. The number of nitrogens with zero attached hydrogens (tertiary/aromatic N) is 1. The van der Waals surface area contributed by atoms with Gasteiger partial charge in [0.25, 0.3) is 0 Å². The summed E-state index contributed by atoms with van der Waals surface area (Å²) >= 11 is 0. The molecule has 1 amide bonds. The summed E-state index contributed by atoms with van der Waals surface area (Å²) in [6.45, 7) is 0.499. The highest BCUT2D eigenvalue weighted by molar-refractivity contribution is 5.95. The molecule has 4 nitrogen and oxygen atoms in total. The van der Waals surface area contributed by atoms with Crippen molar-refractivity contribution < 1.29 is 13.9 Å². The number of hydrogen-bond donors (Lipinski definition) is 1. The Morgan fingerprint density at radius 1 is 1.08 bits per heavy atom. The van der Waals surface area contributed by atoms with E-state index in [1.165, 1.54) is 57.1 Å². The molecule has 4 rings (SSSR count). The van der Waals surface area contributed by atoms with Crippen molar-refractivity contribution in [2.75, 3.05) is 6.61 Å². The van der Waals surface area contributed by atoms with Crippen molar-refractivity contribution in [1.82, 2.24) is 4.90 Å². The number of ether oxygens (including phenoxy) is 1. The van der Waals surface area contributed by atoms with Crippen LogP contribution in [0.3, 0.4) is 0 Å². The number of rotatable bonds is 4. The summed E-state index contributed by atoms with van der Waals surface area (Å²) in [5.74, 6) is -0.682. The fourth-order valence-corrected chi connectivity index (χ4v) is 4.64. The Bertz CT molecular complexity index is 638. The topological polar surface area (TPSA) is 55.6 Å². The van der Waals surface area contributed by atoms with Crippen LogP contribution >= 0.6 is 0 Å².